The summed E-state index contributed by atoms with van der Waals surface area (Å²) >= 11 is 0. The van der Waals surface area contributed by atoms with E-state index in [1.165, 1.54) is 97.6 Å². The normalized spacial score (nSPS) is 31.0. The van der Waals surface area contributed by atoms with Crippen LogP contribution in [0.1, 0.15) is 52.9 Å². The summed E-state index contributed by atoms with van der Waals surface area (Å²) in [6.45, 7) is 23.3. The summed E-state index contributed by atoms with van der Waals surface area (Å²) < 4.78 is 0. The zero-order chi connectivity index (χ0) is 18.4. The lowest BCUT2D eigenvalue weighted by molar-refractivity contribution is 0.135. The lowest BCUT2D eigenvalue weighted by Crippen LogP contribution is -2.40. The lowest BCUT2D eigenvalue weighted by Gasteiger charge is -2.35. The number of likely N-dealkylation sites (tertiary alicyclic amines) is 2. The second-order valence-corrected chi connectivity index (χ2v) is 9.51. The van der Waals surface area contributed by atoms with Crippen molar-refractivity contribution in [1.29, 1.82) is 0 Å². The molecule has 150 valence electrons. The first-order valence-electron chi connectivity index (χ1n) is 11.3. The van der Waals surface area contributed by atoms with E-state index >= 15 is 0 Å². The molecule has 3 rings (SSSR count). The van der Waals surface area contributed by atoms with Gasteiger partial charge >= 0.3 is 0 Å². The molecular formula is C22H42N4. The Morgan fingerprint density at radius 2 is 1.19 bits per heavy atom. The predicted molar refractivity (Wildman–Crippen MR) is 110 cm³/mol. The van der Waals surface area contributed by atoms with Crippen molar-refractivity contribution in [2.24, 2.45) is 17.8 Å². The molecule has 2 unspecified atom stereocenters. The highest BCUT2D eigenvalue weighted by Gasteiger charge is 2.24. The number of nitrogens with zero attached hydrogens (tertiary/aromatic N) is 4. The quantitative estimate of drug-likeness (QED) is 0.658. The van der Waals surface area contributed by atoms with Gasteiger partial charge in [-0.1, -0.05) is 20.8 Å². The van der Waals surface area contributed by atoms with E-state index in [0.29, 0.717) is 0 Å². The molecule has 0 saturated carbocycles. The van der Waals surface area contributed by atoms with Gasteiger partial charge in [0.25, 0.3) is 0 Å². The van der Waals surface area contributed by atoms with E-state index in [-0.39, 0.29) is 0 Å². The molecule has 0 amide bonds. The van der Waals surface area contributed by atoms with Gasteiger partial charge in [0.05, 0.1) is 0 Å². The van der Waals surface area contributed by atoms with Gasteiger partial charge in [-0.15, -0.1) is 0 Å². The molecule has 4 nitrogen and oxygen atoms in total. The fourth-order valence-corrected chi connectivity index (χ4v) is 5.10. The predicted octanol–water partition coefficient (Wildman–Crippen LogP) is 3.09. The fourth-order valence-electron chi connectivity index (χ4n) is 5.10. The topological polar surface area (TPSA) is 13.0 Å². The molecule has 3 fully saturated rings. The van der Waals surface area contributed by atoms with Gasteiger partial charge in [0, 0.05) is 39.3 Å². The summed E-state index contributed by atoms with van der Waals surface area (Å²) in [6, 6.07) is 0. The van der Waals surface area contributed by atoms with E-state index in [4.69, 9.17) is 0 Å². The van der Waals surface area contributed by atoms with Gasteiger partial charge in [0.1, 0.15) is 6.67 Å². The Labute approximate surface area is 162 Å². The maximum Gasteiger partial charge on any atom is 0.146 e. The Kier molecular flexibility index (Phi) is 8.23. The summed E-state index contributed by atoms with van der Waals surface area (Å²) in [4.78, 5) is 10.2. The van der Waals surface area contributed by atoms with Crippen LogP contribution in [0.5, 0.6) is 0 Å². The van der Waals surface area contributed by atoms with E-state index in [2.05, 4.69) is 47.0 Å². The first-order valence-corrected chi connectivity index (χ1v) is 11.3. The van der Waals surface area contributed by atoms with Crippen molar-refractivity contribution in [1.82, 2.24) is 19.6 Å². The third kappa shape index (κ3) is 6.78. The van der Waals surface area contributed by atoms with Crippen molar-refractivity contribution in [3.05, 3.63) is 6.67 Å². The zero-order valence-corrected chi connectivity index (χ0v) is 17.6. The molecule has 0 aromatic rings. The largest absolute Gasteiger partial charge is 0.303 e. The van der Waals surface area contributed by atoms with Crippen molar-refractivity contribution in [3.8, 4) is 0 Å². The van der Waals surface area contributed by atoms with Crippen LogP contribution in [-0.2, 0) is 0 Å². The van der Waals surface area contributed by atoms with E-state index in [1.807, 2.05) is 0 Å². The molecular weight excluding hydrogens is 320 g/mol. The molecule has 3 aliphatic heterocycles. The smallest absolute Gasteiger partial charge is 0.146 e. The second kappa shape index (κ2) is 10.4. The molecule has 0 N–H and O–H groups in total. The van der Waals surface area contributed by atoms with Gasteiger partial charge < -0.3 is 9.80 Å². The lowest BCUT2D eigenvalue weighted by atomic mass is 9.92. The highest BCUT2D eigenvalue weighted by atomic mass is 15.4. The molecule has 3 aliphatic rings. The molecule has 0 aromatic carbocycles. The van der Waals surface area contributed by atoms with Gasteiger partial charge in [-0.25, -0.2) is 0 Å². The third-order valence-corrected chi connectivity index (χ3v) is 6.55. The van der Waals surface area contributed by atoms with Crippen LogP contribution in [0.15, 0.2) is 0 Å². The molecule has 0 aliphatic carbocycles. The zero-order valence-electron chi connectivity index (χ0n) is 17.6. The van der Waals surface area contributed by atoms with Crippen LogP contribution in [0, 0.1) is 24.4 Å². The molecule has 4 heteroatoms. The molecule has 0 bridgehead atoms. The minimum atomic E-state index is 0.877. The molecule has 2 radical (unpaired) electrons. The maximum absolute atomic E-state index is 3.62. The van der Waals surface area contributed by atoms with Crippen LogP contribution in [0.3, 0.4) is 0 Å². The number of hydrogen-bond donors (Lipinski definition) is 0. The molecule has 0 spiro atoms. The van der Waals surface area contributed by atoms with E-state index < -0.39 is 0 Å². The summed E-state index contributed by atoms with van der Waals surface area (Å²) in [6.07, 6.45) is 6.77. The van der Waals surface area contributed by atoms with Crippen LogP contribution < -0.4 is 0 Å². The van der Waals surface area contributed by atoms with E-state index in [1.54, 1.807) is 0 Å². The van der Waals surface area contributed by atoms with Gasteiger partial charge in [0.2, 0.25) is 0 Å². The summed E-state index contributed by atoms with van der Waals surface area (Å²) in [5, 5.41) is 0. The van der Waals surface area contributed by atoms with Crippen LogP contribution in [-0.4, -0.2) is 85.0 Å². The number of rotatable bonds is 8. The van der Waals surface area contributed by atoms with Gasteiger partial charge in [-0.05, 0) is 76.0 Å². The van der Waals surface area contributed by atoms with Crippen LogP contribution in [0.25, 0.3) is 0 Å². The van der Waals surface area contributed by atoms with E-state index in [0.717, 1.165) is 17.8 Å². The minimum Gasteiger partial charge on any atom is -0.303 e. The first kappa shape index (κ1) is 20.6. The summed E-state index contributed by atoms with van der Waals surface area (Å²) in [7, 11) is 0. The van der Waals surface area contributed by atoms with Crippen molar-refractivity contribution in [2.75, 3.05) is 65.4 Å². The fraction of sp³-hybridized carbons (Fsp3) is 0.955. The summed E-state index contributed by atoms with van der Waals surface area (Å²) in [5.74, 6) is 2.70. The maximum atomic E-state index is 3.62. The Hall–Kier alpha value is -0.160. The van der Waals surface area contributed by atoms with Crippen LogP contribution in [0.4, 0.5) is 0 Å². The van der Waals surface area contributed by atoms with Crippen molar-refractivity contribution in [2.45, 2.75) is 52.9 Å². The molecule has 2 atom stereocenters. The monoisotopic (exact) mass is 362 g/mol. The Balaban J connectivity index is 1.22. The SMILES string of the molecule is CC1CCN(CCCN2[C]N(CCCN3CC(C)CC(C)C3)CC2)CC1. The van der Waals surface area contributed by atoms with Crippen LogP contribution >= 0.6 is 0 Å². The van der Waals surface area contributed by atoms with Crippen LogP contribution in [0.2, 0.25) is 0 Å². The van der Waals surface area contributed by atoms with Gasteiger partial charge in [-0.3, -0.25) is 9.80 Å². The Morgan fingerprint density at radius 1 is 0.654 bits per heavy atom. The average Bonchev–Trinajstić information content (AvgIpc) is 3.04. The van der Waals surface area contributed by atoms with Crippen molar-refractivity contribution >= 4 is 0 Å². The molecule has 3 heterocycles. The first-order chi connectivity index (χ1) is 12.6. The standard InChI is InChI=1S/C22H42N4/c1-20-6-12-23(13-7-20)8-4-9-24-14-15-25(19-24)10-5-11-26-17-21(2)16-22(3)18-26/h20-22H,4-18H2,1-3H3. The second-order valence-electron chi connectivity index (χ2n) is 9.51. The van der Waals surface area contributed by atoms with Crippen molar-refractivity contribution in [3.63, 3.8) is 0 Å². The highest BCUT2D eigenvalue weighted by molar-refractivity contribution is 4.82. The average molecular weight is 363 g/mol. The highest BCUT2D eigenvalue weighted by Crippen LogP contribution is 2.21. The molecule has 0 aromatic heterocycles. The molecule has 26 heavy (non-hydrogen) atoms. The Morgan fingerprint density at radius 3 is 1.77 bits per heavy atom. The number of piperidine rings is 2. The van der Waals surface area contributed by atoms with Gasteiger partial charge in [-0.2, -0.15) is 0 Å². The molecule has 3 saturated heterocycles. The minimum absolute atomic E-state index is 0.877. The third-order valence-electron chi connectivity index (χ3n) is 6.55. The number of hydrogen-bond acceptors (Lipinski definition) is 4. The van der Waals surface area contributed by atoms with E-state index in [9.17, 15) is 0 Å². The van der Waals surface area contributed by atoms with Gasteiger partial charge in [0.15, 0.2) is 0 Å². The van der Waals surface area contributed by atoms with Crippen molar-refractivity contribution < 1.29 is 0 Å². The summed E-state index contributed by atoms with van der Waals surface area (Å²) in [5.41, 5.74) is 0. The Bertz CT molecular complexity index is 384.